The maximum Gasteiger partial charge on any atom is 0.112 e. The molecule has 0 spiro atoms. The molecule has 1 saturated carbocycles. The van der Waals surface area contributed by atoms with Gasteiger partial charge in [0.1, 0.15) is 23.2 Å². The molecule has 0 saturated heterocycles. The van der Waals surface area contributed by atoms with E-state index in [1.54, 1.807) is 0 Å². The molecule has 25 heavy (non-hydrogen) atoms. The number of benzene rings is 3. The van der Waals surface area contributed by atoms with Crippen LogP contribution in [0.15, 0.2) is 91.0 Å². The molecule has 1 heteroatoms. The van der Waals surface area contributed by atoms with Crippen molar-refractivity contribution in [3.8, 4) is 0 Å². The summed E-state index contributed by atoms with van der Waals surface area (Å²) in [5.74, 6) is 1.41. The van der Waals surface area contributed by atoms with E-state index in [0.717, 1.165) is 6.16 Å². The van der Waals surface area contributed by atoms with Gasteiger partial charge in [-0.3, -0.25) is 0 Å². The Kier molecular flexibility index (Phi) is 4.99. The maximum absolute atomic E-state index is 2.30. The van der Waals surface area contributed by atoms with Crippen LogP contribution >= 0.6 is 7.26 Å². The molecular weight excluding hydrogens is 319 g/mol. The van der Waals surface area contributed by atoms with Gasteiger partial charge in [-0.05, 0) is 62.1 Å². The molecule has 0 aromatic heterocycles. The molecule has 3 aromatic rings. The predicted octanol–water partition coefficient (Wildman–Crippen LogP) is 4.39. The van der Waals surface area contributed by atoms with Gasteiger partial charge in [0, 0.05) is 5.92 Å². The third kappa shape index (κ3) is 3.29. The molecule has 0 bridgehead atoms. The van der Waals surface area contributed by atoms with Crippen LogP contribution in [-0.4, -0.2) is 6.16 Å². The molecule has 0 heterocycles. The average molecular weight is 340 g/mol. The summed E-state index contributed by atoms with van der Waals surface area (Å²) in [6.07, 6.45) is 9.85. The average Bonchev–Trinajstić information content (AvgIpc) is 3.21. The van der Waals surface area contributed by atoms with E-state index < -0.39 is 7.26 Å². The fourth-order valence-electron chi connectivity index (χ4n) is 3.56. The Balaban J connectivity index is 1.93. The van der Waals surface area contributed by atoms with Crippen molar-refractivity contribution in [2.24, 2.45) is 0 Å². The highest BCUT2D eigenvalue weighted by atomic mass is 31.2. The molecule has 4 rings (SSSR count). The molecule has 0 N–H and O–H groups in total. The summed E-state index contributed by atoms with van der Waals surface area (Å²) in [5, 5.41) is 4.32. The summed E-state index contributed by atoms with van der Waals surface area (Å²) in [5.41, 5.74) is 0. The lowest BCUT2D eigenvalue weighted by Crippen LogP contribution is -2.34. The molecule has 3 aromatic carbocycles. The lowest BCUT2D eigenvalue weighted by atomic mass is 10.1. The first-order valence-electron chi connectivity index (χ1n) is 8.65. The van der Waals surface area contributed by atoms with Crippen LogP contribution in [0.25, 0.3) is 0 Å². The Morgan fingerprint density at radius 1 is 0.480 bits per heavy atom. The minimum Gasteiger partial charge on any atom is -0.0620 e. The quantitative estimate of drug-likeness (QED) is 0.605. The van der Waals surface area contributed by atoms with Crippen molar-refractivity contribution in [2.45, 2.75) is 0 Å². The third-order valence-corrected chi connectivity index (χ3v) is 9.12. The molecule has 0 atom stereocenters. The van der Waals surface area contributed by atoms with Crippen LogP contribution in [0.2, 0.25) is 0 Å². The molecular formula is C24H21P+. The topological polar surface area (TPSA) is 0 Å². The van der Waals surface area contributed by atoms with Crippen LogP contribution in [0.1, 0.15) is 0 Å². The molecule has 5 radical (unpaired) electrons. The predicted molar refractivity (Wildman–Crippen MR) is 110 cm³/mol. The zero-order valence-corrected chi connectivity index (χ0v) is 15.0. The highest BCUT2D eigenvalue weighted by molar-refractivity contribution is 7.95. The SMILES string of the molecule is [CH]1[CH][CH][C](C[P+](c2ccccc2)(c2ccccc2)c2ccccc2)[CH]1. The zero-order valence-electron chi connectivity index (χ0n) is 14.1. The monoisotopic (exact) mass is 340 g/mol. The van der Waals surface area contributed by atoms with E-state index >= 15 is 0 Å². The molecule has 0 unspecified atom stereocenters. The van der Waals surface area contributed by atoms with Gasteiger partial charge in [-0.2, -0.15) is 0 Å². The third-order valence-electron chi connectivity index (χ3n) is 4.74. The van der Waals surface area contributed by atoms with E-state index in [0.29, 0.717) is 0 Å². The molecule has 1 aliphatic carbocycles. The summed E-state index contributed by atoms with van der Waals surface area (Å²) in [7, 11) is -1.74. The molecule has 1 fully saturated rings. The van der Waals surface area contributed by atoms with Crippen molar-refractivity contribution >= 4 is 23.2 Å². The number of hydrogen-bond acceptors (Lipinski definition) is 0. The second kappa shape index (κ2) is 7.54. The smallest absolute Gasteiger partial charge is 0.0620 e. The van der Waals surface area contributed by atoms with Crippen LogP contribution in [0.5, 0.6) is 0 Å². The lowest BCUT2D eigenvalue weighted by Gasteiger charge is -2.29. The first-order valence-corrected chi connectivity index (χ1v) is 10.6. The van der Waals surface area contributed by atoms with Gasteiger partial charge in [-0.1, -0.05) is 54.6 Å². The lowest BCUT2D eigenvalue weighted by molar-refractivity contribution is 1.25. The van der Waals surface area contributed by atoms with Crippen molar-refractivity contribution in [3.05, 3.63) is 123 Å². The minimum atomic E-state index is -1.74. The second-order valence-corrected chi connectivity index (χ2v) is 9.75. The summed E-state index contributed by atoms with van der Waals surface area (Å²) < 4.78 is 0. The van der Waals surface area contributed by atoms with Gasteiger partial charge in [0.15, 0.2) is 0 Å². The summed E-state index contributed by atoms with van der Waals surface area (Å²) in [4.78, 5) is 0. The van der Waals surface area contributed by atoms with Gasteiger partial charge >= 0.3 is 0 Å². The minimum absolute atomic E-state index is 1.05. The standard InChI is InChI=1S/C24H21P/c1-4-14-22(15-5-1)25(20-21-12-10-11-13-21,23-16-6-2-7-17-23)24-18-8-3-9-19-24/h1-19H,20H2/q+1. The molecule has 1 aliphatic rings. The van der Waals surface area contributed by atoms with E-state index in [2.05, 4.69) is 117 Å². The van der Waals surface area contributed by atoms with Gasteiger partial charge in [0.25, 0.3) is 0 Å². The molecule has 0 amide bonds. The Labute approximate surface area is 152 Å². The first-order chi connectivity index (χ1) is 12.4. The Morgan fingerprint density at radius 3 is 1.20 bits per heavy atom. The van der Waals surface area contributed by atoms with Crippen LogP contribution in [0, 0.1) is 31.6 Å². The normalized spacial score (nSPS) is 15.4. The highest BCUT2D eigenvalue weighted by Gasteiger charge is 2.47. The van der Waals surface area contributed by atoms with Crippen molar-refractivity contribution in [1.29, 1.82) is 0 Å². The summed E-state index contributed by atoms with van der Waals surface area (Å²) in [6, 6.07) is 33.1. The van der Waals surface area contributed by atoms with Crippen LogP contribution in [0.4, 0.5) is 0 Å². The van der Waals surface area contributed by atoms with Gasteiger partial charge < -0.3 is 0 Å². The number of rotatable bonds is 5. The molecule has 0 nitrogen and oxygen atoms in total. The van der Waals surface area contributed by atoms with Crippen molar-refractivity contribution in [1.82, 2.24) is 0 Å². The van der Waals surface area contributed by atoms with E-state index in [1.807, 2.05) is 0 Å². The van der Waals surface area contributed by atoms with Gasteiger partial charge in [0.2, 0.25) is 0 Å². The molecule has 0 aliphatic heterocycles. The second-order valence-electron chi connectivity index (χ2n) is 6.27. The largest absolute Gasteiger partial charge is 0.112 e. The van der Waals surface area contributed by atoms with Crippen LogP contribution < -0.4 is 15.9 Å². The number of hydrogen-bond donors (Lipinski definition) is 0. The van der Waals surface area contributed by atoms with Crippen LogP contribution in [-0.2, 0) is 0 Å². The van der Waals surface area contributed by atoms with Crippen molar-refractivity contribution < 1.29 is 0 Å². The highest BCUT2D eigenvalue weighted by Crippen LogP contribution is 2.58. The van der Waals surface area contributed by atoms with E-state index in [-0.39, 0.29) is 0 Å². The van der Waals surface area contributed by atoms with Crippen LogP contribution in [0.3, 0.4) is 0 Å². The molecule has 121 valence electrons. The fraction of sp³-hybridized carbons (Fsp3) is 0.0417. The van der Waals surface area contributed by atoms with E-state index in [1.165, 1.54) is 21.8 Å². The zero-order chi connectivity index (χ0) is 17.0. The van der Waals surface area contributed by atoms with Gasteiger partial charge in [-0.15, -0.1) is 0 Å². The summed E-state index contributed by atoms with van der Waals surface area (Å²) >= 11 is 0. The summed E-state index contributed by atoms with van der Waals surface area (Å²) in [6.45, 7) is 0. The van der Waals surface area contributed by atoms with Crippen molar-refractivity contribution in [2.75, 3.05) is 6.16 Å². The Hall–Kier alpha value is -1.91. The Morgan fingerprint density at radius 2 is 0.840 bits per heavy atom. The van der Waals surface area contributed by atoms with E-state index in [9.17, 15) is 0 Å². The van der Waals surface area contributed by atoms with Gasteiger partial charge in [0.05, 0.1) is 6.16 Å². The van der Waals surface area contributed by atoms with Gasteiger partial charge in [-0.25, -0.2) is 0 Å². The Bertz CT molecular complexity index is 677. The van der Waals surface area contributed by atoms with E-state index in [4.69, 9.17) is 0 Å². The van der Waals surface area contributed by atoms with Crippen molar-refractivity contribution in [3.63, 3.8) is 0 Å². The fourth-order valence-corrected chi connectivity index (χ4v) is 7.81. The maximum atomic E-state index is 2.30. The first kappa shape index (κ1) is 16.6.